The average molecular weight is 431 g/mol. The Morgan fingerprint density at radius 2 is 1.68 bits per heavy atom. The van der Waals surface area contributed by atoms with E-state index in [4.69, 9.17) is 0 Å². The van der Waals surface area contributed by atoms with Crippen LogP contribution in [0.2, 0.25) is 0 Å². The van der Waals surface area contributed by atoms with E-state index in [9.17, 15) is 8.42 Å². The van der Waals surface area contributed by atoms with E-state index in [1.54, 1.807) is 16.4 Å². The lowest BCUT2D eigenvalue weighted by Crippen LogP contribution is -2.40. The van der Waals surface area contributed by atoms with Crippen LogP contribution in [0, 0.1) is 6.92 Å². The number of hydrogen-bond donors (Lipinski definition) is 1. The summed E-state index contributed by atoms with van der Waals surface area (Å²) >= 11 is 0. The first-order valence-electron chi connectivity index (χ1n) is 10.8. The Kier molecular flexibility index (Phi) is 4.95. The molecule has 1 aliphatic rings. The van der Waals surface area contributed by atoms with Crippen LogP contribution in [0.25, 0.3) is 10.9 Å². The van der Waals surface area contributed by atoms with Gasteiger partial charge in [0.1, 0.15) is 0 Å². The van der Waals surface area contributed by atoms with Gasteiger partial charge in [0.15, 0.2) is 0 Å². The number of fused-ring (bicyclic) bond motifs is 3. The van der Waals surface area contributed by atoms with E-state index >= 15 is 0 Å². The van der Waals surface area contributed by atoms with Gasteiger partial charge in [0.2, 0.25) is 10.0 Å². The van der Waals surface area contributed by atoms with E-state index in [-0.39, 0.29) is 6.04 Å². The summed E-state index contributed by atoms with van der Waals surface area (Å²) in [6.45, 7) is 4.56. The topological polar surface area (TPSA) is 53.2 Å². The average Bonchev–Trinajstić information content (AvgIpc) is 3.18. The Hall–Kier alpha value is -2.89. The number of H-pyrrole nitrogens is 1. The van der Waals surface area contributed by atoms with Crippen molar-refractivity contribution >= 4 is 20.9 Å². The normalized spacial score (nSPS) is 17.0. The standard InChI is InChI=1S/C26H26N2O2S/c1-3-19-10-14-21(15-11-19)31(29,30)28-17-16-23-22-6-4-5-7-24(22)27-25(23)26(28)20-12-8-18(2)9-13-20/h4-15,26-27H,3,16-17H2,1-2H3/t26-/m0/s1. The molecule has 0 amide bonds. The highest BCUT2D eigenvalue weighted by Gasteiger charge is 2.39. The van der Waals surface area contributed by atoms with Crippen LogP contribution in [0.5, 0.6) is 0 Å². The Labute approximate surface area is 183 Å². The molecule has 0 saturated heterocycles. The van der Waals surface area contributed by atoms with E-state index in [2.05, 4.69) is 24.0 Å². The molecule has 0 unspecified atom stereocenters. The molecule has 1 N–H and O–H groups in total. The number of aromatic amines is 1. The first-order chi connectivity index (χ1) is 15.0. The molecule has 1 aromatic heterocycles. The van der Waals surface area contributed by atoms with Gasteiger partial charge in [-0.25, -0.2) is 8.42 Å². The fraction of sp³-hybridized carbons (Fsp3) is 0.231. The minimum atomic E-state index is -3.66. The molecule has 1 aliphatic heterocycles. The summed E-state index contributed by atoms with van der Waals surface area (Å²) in [4.78, 5) is 3.89. The zero-order valence-corrected chi connectivity index (χ0v) is 18.6. The quantitative estimate of drug-likeness (QED) is 0.473. The van der Waals surface area contributed by atoms with Crippen molar-refractivity contribution < 1.29 is 8.42 Å². The zero-order valence-electron chi connectivity index (χ0n) is 17.8. The van der Waals surface area contributed by atoms with Crippen molar-refractivity contribution in [3.05, 3.63) is 101 Å². The number of benzene rings is 3. The number of para-hydroxylation sites is 1. The second-order valence-electron chi connectivity index (χ2n) is 8.24. The molecule has 158 valence electrons. The molecule has 0 bridgehead atoms. The van der Waals surface area contributed by atoms with Crippen molar-refractivity contribution in [2.75, 3.05) is 6.54 Å². The first-order valence-corrected chi connectivity index (χ1v) is 12.2. The van der Waals surface area contributed by atoms with Crippen molar-refractivity contribution in [2.24, 2.45) is 0 Å². The lowest BCUT2D eigenvalue weighted by Gasteiger charge is -2.35. The zero-order chi connectivity index (χ0) is 21.6. The molecule has 2 heterocycles. The third kappa shape index (κ3) is 3.38. The van der Waals surface area contributed by atoms with Crippen molar-refractivity contribution in [1.29, 1.82) is 0 Å². The molecule has 0 spiro atoms. The predicted octanol–water partition coefficient (Wildman–Crippen LogP) is 5.38. The molecule has 0 fully saturated rings. The number of nitrogens with one attached hydrogen (secondary N) is 1. The highest BCUT2D eigenvalue weighted by Crippen LogP contribution is 2.41. The summed E-state index contributed by atoms with van der Waals surface area (Å²) in [6.07, 6.45) is 1.57. The van der Waals surface area contributed by atoms with Gasteiger partial charge in [-0.1, -0.05) is 67.1 Å². The monoisotopic (exact) mass is 430 g/mol. The molecule has 0 aliphatic carbocycles. The van der Waals surface area contributed by atoms with Gasteiger partial charge in [0.25, 0.3) is 0 Å². The number of aryl methyl sites for hydroxylation is 2. The summed E-state index contributed by atoms with van der Waals surface area (Å²) in [5.74, 6) is 0. The third-order valence-corrected chi connectivity index (χ3v) is 8.20. The summed E-state index contributed by atoms with van der Waals surface area (Å²) < 4.78 is 29.2. The Bertz CT molecular complexity index is 1340. The minimum Gasteiger partial charge on any atom is -0.357 e. The smallest absolute Gasteiger partial charge is 0.244 e. The second kappa shape index (κ2) is 7.66. The molecule has 0 saturated carbocycles. The lowest BCUT2D eigenvalue weighted by molar-refractivity contribution is 0.340. The molecular weight excluding hydrogens is 404 g/mol. The number of hydrogen-bond acceptors (Lipinski definition) is 2. The van der Waals surface area contributed by atoms with Crippen molar-refractivity contribution in [1.82, 2.24) is 9.29 Å². The maximum atomic E-state index is 13.8. The Morgan fingerprint density at radius 3 is 2.39 bits per heavy atom. The molecule has 5 rings (SSSR count). The molecule has 4 aromatic rings. The van der Waals surface area contributed by atoms with E-state index in [1.807, 2.05) is 55.5 Å². The van der Waals surface area contributed by atoms with Crippen LogP contribution in [0.4, 0.5) is 0 Å². The number of aromatic nitrogens is 1. The molecular formula is C26H26N2O2S. The summed E-state index contributed by atoms with van der Waals surface area (Å²) in [5.41, 5.74) is 6.51. The molecule has 4 nitrogen and oxygen atoms in total. The molecule has 3 aromatic carbocycles. The number of nitrogens with zero attached hydrogens (tertiary/aromatic N) is 1. The molecule has 0 radical (unpaired) electrons. The van der Waals surface area contributed by atoms with Crippen LogP contribution in [0.15, 0.2) is 77.7 Å². The van der Waals surface area contributed by atoms with Crippen LogP contribution in [-0.2, 0) is 22.9 Å². The van der Waals surface area contributed by atoms with Crippen LogP contribution in [0.1, 0.15) is 40.9 Å². The van der Waals surface area contributed by atoms with E-state index in [0.29, 0.717) is 17.9 Å². The SMILES string of the molecule is CCc1ccc(S(=O)(=O)N2CCc3c([nH]c4ccccc34)[C@@H]2c2ccc(C)cc2)cc1. The van der Waals surface area contributed by atoms with Gasteiger partial charge in [0.05, 0.1) is 10.9 Å². The third-order valence-electron chi connectivity index (χ3n) is 6.32. The van der Waals surface area contributed by atoms with Gasteiger partial charge in [-0.05, 0) is 54.7 Å². The minimum absolute atomic E-state index is 0.348. The number of sulfonamides is 1. The summed E-state index contributed by atoms with van der Waals surface area (Å²) in [7, 11) is -3.66. The van der Waals surface area contributed by atoms with E-state index in [1.165, 1.54) is 10.9 Å². The van der Waals surface area contributed by atoms with Gasteiger partial charge in [-0.2, -0.15) is 4.31 Å². The van der Waals surface area contributed by atoms with Crippen LogP contribution < -0.4 is 0 Å². The van der Waals surface area contributed by atoms with Crippen molar-refractivity contribution in [2.45, 2.75) is 37.6 Å². The van der Waals surface area contributed by atoms with Gasteiger partial charge >= 0.3 is 0 Å². The maximum Gasteiger partial charge on any atom is 0.244 e. The maximum absolute atomic E-state index is 13.8. The van der Waals surface area contributed by atoms with Crippen LogP contribution >= 0.6 is 0 Å². The summed E-state index contributed by atoms with van der Waals surface area (Å²) in [5, 5.41) is 1.18. The Balaban J connectivity index is 1.68. The van der Waals surface area contributed by atoms with Gasteiger partial charge in [0, 0.05) is 23.1 Å². The van der Waals surface area contributed by atoms with Crippen molar-refractivity contribution in [3.63, 3.8) is 0 Å². The predicted molar refractivity (Wildman–Crippen MR) is 125 cm³/mol. The van der Waals surface area contributed by atoms with E-state index in [0.717, 1.165) is 34.3 Å². The summed E-state index contributed by atoms with van der Waals surface area (Å²) in [6, 6.07) is 23.3. The number of rotatable bonds is 4. The van der Waals surface area contributed by atoms with Crippen molar-refractivity contribution in [3.8, 4) is 0 Å². The van der Waals surface area contributed by atoms with Gasteiger partial charge in [-0.15, -0.1) is 0 Å². The highest BCUT2D eigenvalue weighted by molar-refractivity contribution is 7.89. The fourth-order valence-corrected chi connectivity index (χ4v) is 6.18. The largest absolute Gasteiger partial charge is 0.357 e. The molecule has 31 heavy (non-hydrogen) atoms. The lowest BCUT2D eigenvalue weighted by atomic mass is 9.94. The first kappa shape index (κ1) is 20.0. The second-order valence-corrected chi connectivity index (χ2v) is 10.1. The molecule has 1 atom stereocenters. The van der Waals surface area contributed by atoms with E-state index < -0.39 is 10.0 Å². The molecule has 5 heteroatoms. The highest BCUT2D eigenvalue weighted by atomic mass is 32.2. The fourth-order valence-electron chi connectivity index (χ4n) is 4.59. The Morgan fingerprint density at radius 1 is 0.968 bits per heavy atom. The van der Waals surface area contributed by atoms with Gasteiger partial charge in [-0.3, -0.25) is 0 Å². The van der Waals surface area contributed by atoms with Crippen LogP contribution in [-0.4, -0.2) is 24.3 Å². The van der Waals surface area contributed by atoms with Gasteiger partial charge < -0.3 is 4.98 Å². The van der Waals surface area contributed by atoms with Crippen LogP contribution in [0.3, 0.4) is 0 Å².